The van der Waals surface area contributed by atoms with Crippen molar-refractivity contribution in [3.63, 3.8) is 0 Å². The summed E-state index contributed by atoms with van der Waals surface area (Å²) >= 11 is 0. The molecule has 1 N–H and O–H groups in total. The Kier molecular flexibility index (Phi) is 3.92. The van der Waals surface area contributed by atoms with E-state index in [1.165, 1.54) is 43.9 Å². The molecule has 3 rings (SSSR count). The van der Waals surface area contributed by atoms with E-state index in [-0.39, 0.29) is 0 Å². The van der Waals surface area contributed by atoms with Crippen LogP contribution in [-0.4, -0.2) is 16.7 Å². The van der Waals surface area contributed by atoms with Gasteiger partial charge in [0, 0.05) is 11.9 Å². The van der Waals surface area contributed by atoms with Gasteiger partial charge in [0.05, 0.1) is 17.4 Å². The zero-order valence-corrected chi connectivity index (χ0v) is 11.3. The third-order valence-electron chi connectivity index (χ3n) is 4.13. The predicted octanol–water partition coefficient (Wildman–Crippen LogP) is 4.01. The highest BCUT2D eigenvalue weighted by atomic mass is 15.1. The number of rotatable bonds is 5. The van der Waals surface area contributed by atoms with Crippen LogP contribution in [0.15, 0.2) is 30.5 Å². The first-order valence-electron chi connectivity index (χ1n) is 7.38. The number of hydrogen-bond acceptors (Lipinski definition) is 3. The van der Waals surface area contributed by atoms with Crippen LogP contribution in [-0.2, 0) is 0 Å². The van der Waals surface area contributed by atoms with E-state index in [0.717, 1.165) is 23.7 Å². The number of anilines is 1. The highest BCUT2D eigenvalue weighted by Crippen LogP contribution is 2.28. The Morgan fingerprint density at radius 3 is 2.89 bits per heavy atom. The minimum atomic E-state index is 0.961. The molecule has 3 nitrogen and oxygen atoms in total. The van der Waals surface area contributed by atoms with E-state index >= 15 is 0 Å². The molecule has 1 saturated carbocycles. The van der Waals surface area contributed by atoms with Gasteiger partial charge in [-0.1, -0.05) is 43.9 Å². The first kappa shape index (κ1) is 12.4. The van der Waals surface area contributed by atoms with Crippen LogP contribution in [0.5, 0.6) is 0 Å². The van der Waals surface area contributed by atoms with Crippen LogP contribution >= 0.6 is 0 Å². The fraction of sp³-hybridized carbons (Fsp3) is 0.500. The number of benzene rings is 1. The van der Waals surface area contributed by atoms with E-state index in [4.69, 9.17) is 0 Å². The number of hydrogen-bond donors (Lipinski definition) is 1. The van der Waals surface area contributed by atoms with Crippen LogP contribution in [0.1, 0.15) is 38.5 Å². The first-order valence-corrected chi connectivity index (χ1v) is 7.38. The molecule has 1 heterocycles. The van der Waals surface area contributed by atoms with E-state index in [1.807, 2.05) is 24.4 Å². The molecule has 0 spiro atoms. The molecule has 0 saturated heterocycles. The number of nitrogens with one attached hydrogen (secondary N) is 1. The van der Waals surface area contributed by atoms with Crippen LogP contribution in [0.4, 0.5) is 5.69 Å². The Labute approximate surface area is 114 Å². The van der Waals surface area contributed by atoms with Gasteiger partial charge >= 0.3 is 0 Å². The second-order valence-electron chi connectivity index (χ2n) is 5.49. The molecule has 2 aromatic rings. The summed E-state index contributed by atoms with van der Waals surface area (Å²) in [4.78, 5) is 0. The molecule has 1 aliphatic carbocycles. The summed E-state index contributed by atoms with van der Waals surface area (Å²) in [5.74, 6) is 0.981. The minimum Gasteiger partial charge on any atom is -0.383 e. The van der Waals surface area contributed by atoms with Gasteiger partial charge in [0.25, 0.3) is 0 Å². The van der Waals surface area contributed by atoms with Crippen LogP contribution in [0.2, 0.25) is 0 Å². The van der Waals surface area contributed by atoms with Crippen LogP contribution in [0.3, 0.4) is 0 Å². The summed E-state index contributed by atoms with van der Waals surface area (Å²) in [7, 11) is 0. The maximum atomic E-state index is 4.14. The lowest BCUT2D eigenvalue weighted by molar-refractivity contribution is 0.491. The van der Waals surface area contributed by atoms with E-state index in [2.05, 4.69) is 21.6 Å². The van der Waals surface area contributed by atoms with Crippen molar-refractivity contribution < 1.29 is 0 Å². The van der Waals surface area contributed by atoms with E-state index in [0.29, 0.717) is 0 Å². The Bertz CT molecular complexity index is 527. The van der Waals surface area contributed by atoms with E-state index < -0.39 is 0 Å². The smallest absolute Gasteiger partial charge is 0.0950 e. The first-order chi connectivity index (χ1) is 9.43. The molecule has 3 heteroatoms. The lowest BCUT2D eigenvalue weighted by atomic mass is 10.0. The summed E-state index contributed by atoms with van der Waals surface area (Å²) in [6, 6.07) is 8.16. The number of nitrogens with zero attached hydrogens (tertiary/aromatic N) is 2. The van der Waals surface area contributed by atoms with Gasteiger partial charge < -0.3 is 5.32 Å². The van der Waals surface area contributed by atoms with E-state index in [1.54, 1.807) is 0 Å². The lowest BCUT2D eigenvalue weighted by Gasteiger charge is -2.11. The number of aromatic nitrogens is 2. The van der Waals surface area contributed by atoms with Crippen molar-refractivity contribution in [3.05, 3.63) is 30.5 Å². The van der Waals surface area contributed by atoms with Crippen molar-refractivity contribution in [2.45, 2.75) is 38.5 Å². The van der Waals surface area contributed by atoms with Crippen molar-refractivity contribution in [2.75, 3.05) is 11.9 Å². The van der Waals surface area contributed by atoms with Crippen LogP contribution in [0.25, 0.3) is 10.9 Å². The van der Waals surface area contributed by atoms with Crippen LogP contribution < -0.4 is 5.32 Å². The maximum Gasteiger partial charge on any atom is 0.0950 e. The summed E-state index contributed by atoms with van der Waals surface area (Å²) in [6.45, 7) is 1.03. The Hall–Kier alpha value is -1.64. The van der Waals surface area contributed by atoms with Gasteiger partial charge in [0.1, 0.15) is 0 Å². The fourth-order valence-corrected chi connectivity index (χ4v) is 3.06. The van der Waals surface area contributed by atoms with Crippen LogP contribution in [0, 0.1) is 5.92 Å². The molecule has 100 valence electrons. The van der Waals surface area contributed by atoms with Gasteiger partial charge in [0.15, 0.2) is 0 Å². The standard InChI is InChI=1S/C16H21N3/c1-2-7-13(6-1)8-5-11-17-16-12-18-19-15-10-4-3-9-14(15)16/h3-4,9-10,12-13H,1-2,5-8,11H2,(H,17,19). The molecule has 1 aliphatic rings. The molecule has 0 atom stereocenters. The lowest BCUT2D eigenvalue weighted by Crippen LogP contribution is -2.05. The second kappa shape index (κ2) is 6.00. The molecule has 1 fully saturated rings. The third-order valence-corrected chi connectivity index (χ3v) is 4.13. The zero-order valence-electron chi connectivity index (χ0n) is 11.3. The number of fused-ring (bicyclic) bond motifs is 1. The normalized spacial score (nSPS) is 16.0. The molecule has 19 heavy (non-hydrogen) atoms. The molecule has 0 radical (unpaired) electrons. The predicted molar refractivity (Wildman–Crippen MR) is 79.2 cm³/mol. The molecule has 0 amide bonds. The van der Waals surface area contributed by atoms with Gasteiger partial charge in [0.2, 0.25) is 0 Å². The van der Waals surface area contributed by atoms with Gasteiger partial charge in [-0.05, 0) is 24.8 Å². The average Bonchev–Trinajstić information content (AvgIpc) is 2.97. The van der Waals surface area contributed by atoms with Crippen molar-refractivity contribution in [2.24, 2.45) is 5.92 Å². The van der Waals surface area contributed by atoms with Crippen molar-refractivity contribution >= 4 is 16.6 Å². The summed E-state index contributed by atoms with van der Waals surface area (Å²) in [5, 5.41) is 12.9. The highest BCUT2D eigenvalue weighted by molar-refractivity contribution is 5.90. The Balaban J connectivity index is 1.56. The molecular formula is C16H21N3. The highest BCUT2D eigenvalue weighted by Gasteiger charge is 2.13. The maximum absolute atomic E-state index is 4.14. The van der Waals surface area contributed by atoms with Crippen molar-refractivity contribution in [3.8, 4) is 0 Å². The SMILES string of the molecule is c1ccc2c(NCCCC3CCCC3)cnnc2c1. The van der Waals surface area contributed by atoms with Gasteiger partial charge in [-0.2, -0.15) is 10.2 Å². The molecule has 1 aromatic heterocycles. The summed E-state index contributed by atoms with van der Waals surface area (Å²) < 4.78 is 0. The minimum absolute atomic E-state index is 0.961. The molecule has 0 aliphatic heterocycles. The Morgan fingerprint density at radius 2 is 2.00 bits per heavy atom. The largest absolute Gasteiger partial charge is 0.383 e. The quantitative estimate of drug-likeness (QED) is 0.820. The summed E-state index contributed by atoms with van der Waals surface area (Å²) in [6.07, 6.45) is 10.2. The Morgan fingerprint density at radius 1 is 1.16 bits per heavy atom. The summed E-state index contributed by atoms with van der Waals surface area (Å²) in [5.41, 5.74) is 2.07. The van der Waals surface area contributed by atoms with E-state index in [9.17, 15) is 0 Å². The monoisotopic (exact) mass is 255 g/mol. The third kappa shape index (κ3) is 3.03. The molecular weight excluding hydrogens is 234 g/mol. The van der Waals surface area contributed by atoms with Gasteiger partial charge in [-0.15, -0.1) is 0 Å². The average molecular weight is 255 g/mol. The fourth-order valence-electron chi connectivity index (χ4n) is 3.06. The molecule has 1 aromatic carbocycles. The van der Waals surface area contributed by atoms with Gasteiger partial charge in [-0.3, -0.25) is 0 Å². The zero-order chi connectivity index (χ0) is 12.9. The van der Waals surface area contributed by atoms with Crippen molar-refractivity contribution in [1.29, 1.82) is 0 Å². The van der Waals surface area contributed by atoms with Gasteiger partial charge in [-0.25, -0.2) is 0 Å². The molecule has 0 unspecified atom stereocenters. The second-order valence-corrected chi connectivity index (χ2v) is 5.49. The topological polar surface area (TPSA) is 37.8 Å². The molecule has 0 bridgehead atoms. The van der Waals surface area contributed by atoms with Crippen molar-refractivity contribution in [1.82, 2.24) is 10.2 Å².